The van der Waals surface area contributed by atoms with Crippen LogP contribution in [-0.2, 0) is 4.74 Å². The molecule has 3 aromatic carbocycles. The van der Waals surface area contributed by atoms with Gasteiger partial charge in [-0.15, -0.1) is 13.2 Å². The summed E-state index contributed by atoms with van der Waals surface area (Å²) >= 11 is 0. The molecular formula is C23H19F3N2O5. The number of benzene rings is 3. The van der Waals surface area contributed by atoms with Crippen LogP contribution >= 0.6 is 0 Å². The highest BCUT2D eigenvalue weighted by Crippen LogP contribution is 2.30. The highest BCUT2D eigenvalue weighted by Gasteiger charge is 2.30. The van der Waals surface area contributed by atoms with E-state index in [1.807, 2.05) is 0 Å². The number of alkyl halides is 3. The Hall–Kier alpha value is -4.21. The van der Waals surface area contributed by atoms with Gasteiger partial charge in [0.1, 0.15) is 11.5 Å². The summed E-state index contributed by atoms with van der Waals surface area (Å²) in [6.45, 7) is 1.87. The maximum Gasteiger partial charge on any atom is 0.573 e. The van der Waals surface area contributed by atoms with Crippen molar-refractivity contribution in [3.8, 4) is 22.6 Å². The third-order valence-corrected chi connectivity index (χ3v) is 4.15. The Balaban J connectivity index is 1.67. The molecule has 0 aliphatic rings. The second-order valence-electron chi connectivity index (χ2n) is 6.51. The van der Waals surface area contributed by atoms with Gasteiger partial charge in [0.15, 0.2) is 0 Å². The van der Waals surface area contributed by atoms with Gasteiger partial charge in [0, 0.05) is 11.3 Å². The van der Waals surface area contributed by atoms with Crippen LogP contribution in [0.1, 0.15) is 6.92 Å². The molecule has 0 spiro atoms. The van der Waals surface area contributed by atoms with E-state index >= 15 is 0 Å². The Morgan fingerprint density at radius 3 is 2.12 bits per heavy atom. The Bertz CT molecular complexity index is 1100. The normalized spacial score (nSPS) is 10.8. The summed E-state index contributed by atoms with van der Waals surface area (Å²) < 4.78 is 50.3. The molecule has 0 heterocycles. The largest absolute Gasteiger partial charge is 0.573 e. The van der Waals surface area contributed by atoms with Crippen molar-refractivity contribution in [2.45, 2.75) is 13.3 Å². The van der Waals surface area contributed by atoms with E-state index in [0.29, 0.717) is 17.0 Å². The van der Waals surface area contributed by atoms with Crippen molar-refractivity contribution in [1.82, 2.24) is 0 Å². The van der Waals surface area contributed by atoms with Gasteiger partial charge in [-0.2, -0.15) is 0 Å². The van der Waals surface area contributed by atoms with Gasteiger partial charge in [-0.3, -0.25) is 0 Å². The fourth-order valence-corrected chi connectivity index (χ4v) is 2.81. The van der Waals surface area contributed by atoms with Gasteiger partial charge >= 0.3 is 18.5 Å². The van der Waals surface area contributed by atoms with Crippen LogP contribution in [0.4, 0.5) is 34.1 Å². The summed E-state index contributed by atoms with van der Waals surface area (Å²) in [5, 5.41) is 5.25. The first kappa shape index (κ1) is 23.5. The number of hydrogen-bond acceptors (Lipinski definition) is 5. The quantitative estimate of drug-likeness (QED) is 0.327. The van der Waals surface area contributed by atoms with E-state index < -0.39 is 24.3 Å². The lowest BCUT2D eigenvalue weighted by Crippen LogP contribution is -2.20. The number of anilines is 2. The highest BCUT2D eigenvalue weighted by molar-refractivity contribution is 6.02. The van der Waals surface area contributed by atoms with E-state index in [0.717, 1.165) is 17.7 Å². The van der Waals surface area contributed by atoms with Gasteiger partial charge in [0.25, 0.3) is 0 Å². The third-order valence-electron chi connectivity index (χ3n) is 4.15. The average Bonchev–Trinajstić information content (AvgIpc) is 2.75. The molecule has 2 N–H and O–H groups in total. The lowest BCUT2D eigenvalue weighted by molar-refractivity contribution is -0.274. The number of amides is 2. The van der Waals surface area contributed by atoms with Crippen molar-refractivity contribution in [3.05, 3.63) is 72.8 Å². The fourth-order valence-electron chi connectivity index (χ4n) is 2.81. The van der Waals surface area contributed by atoms with E-state index in [-0.39, 0.29) is 12.3 Å². The molecule has 0 aliphatic carbocycles. The molecule has 0 radical (unpaired) electrons. The predicted octanol–water partition coefficient (Wildman–Crippen LogP) is 6.43. The zero-order valence-electron chi connectivity index (χ0n) is 17.3. The van der Waals surface area contributed by atoms with Crippen molar-refractivity contribution in [2.24, 2.45) is 0 Å². The van der Waals surface area contributed by atoms with E-state index in [1.165, 1.54) is 12.1 Å². The van der Waals surface area contributed by atoms with Crippen molar-refractivity contribution in [3.63, 3.8) is 0 Å². The fraction of sp³-hybridized carbons (Fsp3) is 0.130. The number of ether oxygens (including phenoxy) is 3. The summed E-state index contributed by atoms with van der Waals surface area (Å²) in [5.41, 5.74) is 2.21. The van der Waals surface area contributed by atoms with Crippen molar-refractivity contribution >= 4 is 23.6 Å². The Labute approximate surface area is 187 Å². The highest BCUT2D eigenvalue weighted by atomic mass is 19.4. The van der Waals surface area contributed by atoms with Crippen molar-refractivity contribution in [2.75, 3.05) is 17.2 Å². The van der Waals surface area contributed by atoms with Crippen LogP contribution in [-0.4, -0.2) is 25.2 Å². The first-order chi connectivity index (χ1) is 15.7. The van der Waals surface area contributed by atoms with Crippen LogP contribution in [0.3, 0.4) is 0 Å². The van der Waals surface area contributed by atoms with Gasteiger partial charge < -0.3 is 24.8 Å². The van der Waals surface area contributed by atoms with E-state index in [2.05, 4.69) is 15.4 Å². The van der Waals surface area contributed by atoms with Gasteiger partial charge in [0.05, 0.1) is 12.3 Å². The summed E-state index contributed by atoms with van der Waals surface area (Å²) in [6.07, 6.45) is -5.60. The van der Waals surface area contributed by atoms with Gasteiger partial charge in [-0.05, 0) is 55.0 Å². The van der Waals surface area contributed by atoms with Gasteiger partial charge in [-0.25, -0.2) is 9.59 Å². The molecular weight excluding hydrogens is 441 g/mol. The first-order valence-corrected chi connectivity index (χ1v) is 9.71. The molecule has 0 atom stereocenters. The van der Waals surface area contributed by atoms with Gasteiger partial charge in [-0.1, -0.05) is 30.3 Å². The number of para-hydroxylation sites is 1. The molecule has 3 rings (SSSR count). The topological polar surface area (TPSA) is 85.9 Å². The number of nitrogens with one attached hydrogen (secondary N) is 2. The van der Waals surface area contributed by atoms with Crippen molar-refractivity contribution < 1.29 is 37.0 Å². The molecule has 0 fully saturated rings. The van der Waals surface area contributed by atoms with E-state index in [4.69, 9.17) is 9.47 Å². The first-order valence-electron chi connectivity index (χ1n) is 9.71. The third kappa shape index (κ3) is 7.17. The van der Waals surface area contributed by atoms with Gasteiger partial charge in [0.2, 0.25) is 0 Å². The van der Waals surface area contributed by atoms with E-state index in [1.54, 1.807) is 55.5 Å². The summed E-state index contributed by atoms with van der Waals surface area (Å²) in [5.74, 6) is -0.0903. The molecule has 3 aromatic rings. The molecule has 0 unspecified atom stereocenters. The van der Waals surface area contributed by atoms with Crippen molar-refractivity contribution in [1.29, 1.82) is 0 Å². The van der Waals surface area contributed by atoms with Crippen LogP contribution in [0.5, 0.6) is 11.5 Å². The zero-order valence-corrected chi connectivity index (χ0v) is 17.3. The minimum absolute atomic E-state index is 0.198. The van der Waals surface area contributed by atoms with Crippen LogP contribution in [0, 0.1) is 0 Å². The minimum atomic E-state index is -4.79. The number of rotatable bonds is 6. The number of halogens is 3. The Morgan fingerprint density at radius 2 is 1.48 bits per heavy atom. The molecule has 10 heteroatoms. The standard InChI is InChI=1S/C23H19F3N2O5/c1-2-31-22(30)32-17-11-7-15(8-12-17)19-5-3-4-6-20(19)28-21(29)27-16-9-13-18(14-10-16)33-23(24,25)26/h3-14H,2H2,1H3,(H2,27,28,29). The maximum atomic E-state index is 12.4. The average molecular weight is 460 g/mol. The lowest BCUT2D eigenvalue weighted by Gasteiger charge is -2.13. The molecule has 0 saturated carbocycles. The lowest BCUT2D eigenvalue weighted by atomic mass is 10.0. The van der Waals surface area contributed by atoms with Crippen LogP contribution in [0.15, 0.2) is 72.8 Å². The Kier molecular flexibility index (Phi) is 7.39. The van der Waals surface area contributed by atoms with Crippen LogP contribution < -0.4 is 20.1 Å². The number of hydrogen-bond donors (Lipinski definition) is 2. The number of carbonyl (C=O) groups is 2. The minimum Gasteiger partial charge on any atom is -0.434 e. The van der Waals surface area contributed by atoms with E-state index in [9.17, 15) is 22.8 Å². The van der Waals surface area contributed by atoms with Crippen LogP contribution in [0.2, 0.25) is 0 Å². The maximum absolute atomic E-state index is 12.4. The summed E-state index contributed by atoms with van der Waals surface area (Å²) in [6, 6.07) is 17.8. The number of urea groups is 1. The SMILES string of the molecule is CCOC(=O)Oc1ccc(-c2ccccc2NC(=O)Nc2ccc(OC(F)(F)F)cc2)cc1. The summed E-state index contributed by atoms with van der Waals surface area (Å²) in [7, 11) is 0. The molecule has 0 bridgehead atoms. The zero-order chi connectivity index (χ0) is 23.8. The molecule has 7 nitrogen and oxygen atoms in total. The second-order valence-corrected chi connectivity index (χ2v) is 6.51. The molecule has 0 saturated heterocycles. The van der Waals surface area contributed by atoms with Crippen LogP contribution in [0.25, 0.3) is 11.1 Å². The summed E-state index contributed by atoms with van der Waals surface area (Å²) in [4.78, 5) is 23.8. The molecule has 0 aromatic heterocycles. The molecule has 172 valence electrons. The Morgan fingerprint density at radius 1 is 0.848 bits per heavy atom. The molecule has 2 amide bonds. The molecule has 0 aliphatic heterocycles. The predicted molar refractivity (Wildman–Crippen MR) is 115 cm³/mol. The smallest absolute Gasteiger partial charge is 0.434 e. The molecule has 33 heavy (non-hydrogen) atoms. The number of carbonyl (C=O) groups excluding carboxylic acids is 2. The monoisotopic (exact) mass is 460 g/mol. The second kappa shape index (κ2) is 10.4.